The van der Waals surface area contributed by atoms with Crippen molar-refractivity contribution in [2.75, 3.05) is 5.43 Å². The summed E-state index contributed by atoms with van der Waals surface area (Å²) in [7, 11) is 0. The molecule has 2 heterocycles. The number of nitro groups is 1. The Bertz CT molecular complexity index is 873. The Morgan fingerprint density at radius 1 is 1.17 bits per heavy atom. The third-order valence-electron chi connectivity index (χ3n) is 3.09. The quantitative estimate of drug-likeness (QED) is 0.422. The summed E-state index contributed by atoms with van der Waals surface area (Å²) in [6.45, 7) is 0. The fourth-order valence-electron chi connectivity index (χ4n) is 1.91. The molecule has 0 aliphatic carbocycles. The molecule has 120 valence electrons. The van der Waals surface area contributed by atoms with Gasteiger partial charge in [0.15, 0.2) is 0 Å². The fourth-order valence-corrected chi connectivity index (χ4v) is 2.04. The highest BCUT2D eigenvalue weighted by Gasteiger charge is 2.05. The average Bonchev–Trinajstić information content (AvgIpc) is 3.05. The summed E-state index contributed by atoms with van der Waals surface area (Å²) in [4.78, 5) is 13.9. The minimum atomic E-state index is -0.513. The number of furan rings is 1. The third kappa shape index (κ3) is 3.76. The number of pyridine rings is 1. The van der Waals surface area contributed by atoms with Crippen molar-refractivity contribution in [2.24, 2.45) is 5.10 Å². The van der Waals surface area contributed by atoms with Gasteiger partial charge in [0.25, 0.3) is 5.69 Å². The first-order valence-corrected chi connectivity index (χ1v) is 7.25. The molecular formula is C16H11ClN4O3. The van der Waals surface area contributed by atoms with Gasteiger partial charge >= 0.3 is 0 Å². The van der Waals surface area contributed by atoms with Crippen LogP contribution in [0, 0.1) is 10.1 Å². The molecule has 0 radical (unpaired) electrons. The topological polar surface area (TPSA) is 93.6 Å². The van der Waals surface area contributed by atoms with Gasteiger partial charge in [-0.15, -0.1) is 0 Å². The second-order valence-electron chi connectivity index (χ2n) is 4.74. The van der Waals surface area contributed by atoms with Crippen LogP contribution in [-0.2, 0) is 0 Å². The second-order valence-corrected chi connectivity index (χ2v) is 5.17. The van der Waals surface area contributed by atoms with E-state index in [9.17, 15) is 10.1 Å². The van der Waals surface area contributed by atoms with Gasteiger partial charge in [-0.3, -0.25) is 15.5 Å². The van der Waals surface area contributed by atoms with Crippen molar-refractivity contribution in [1.29, 1.82) is 0 Å². The minimum absolute atomic E-state index is 0.0804. The van der Waals surface area contributed by atoms with Gasteiger partial charge in [-0.2, -0.15) is 5.10 Å². The van der Waals surface area contributed by atoms with E-state index >= 15 is 0 Å². The first-order chi connectivity index (χ1) is 11.6. The Labute approximate surface area is 141 Å². The molecule has 0 spiro atoms. The molecule has 0 atom stereocenters. The standard InChI is InChI=1S/C16H11ClN4O3/c17-12-3-1-11(2-4-12)15-7-6-14(24-15)10-19-20-16-8-5-13(9-18-16)21(22)23/h1-10H,(H,18,20). The van der Waals surface area contributed by atoms with Crippen LogP contribution in [0.3, 0.4) is 0 Å². The summed E-state index contributed by atoms with van der Waals surface area (Å²) >= 11 is 5.85. The Morgan fingerprint density at radius 2 is 1.96 bits per heavy atom. The number of hydrazone groups is 1. The maximum atomic E-state index is 10.5. The normalized spacial score (nSPS) is 10.9. The van der Waals surface area contributed by atoms with Gasteiger partial charge in [-0.1, -0.05) is 11.6 Å². The van der Waals surface area contributed by atoms with Crippen LogP contribution in [0.1, 0.15) is 5.76 Å². The molecule has 0 saturated heterocycles. The number of halogens is 1. The van der Waals surface area contributed by atoms with E-state index in [-0.39, 0.29) is 5.69 Å². The van der Waals surface area contributed by atoms with E-state index in [2.05, 4.69) is 15.5 Å². The minimum Gasteiger partial charge on any atom is -0.455 e. The summed E-state index contributed by atoms with van der Waals surface area (Å²) in [6.07, 6.45) is 2.64. The highest BCUT2D eigenvalue weighted by molar-refractivity contribution is 6.30. The number of rotatable bonds is 5. The highest BCUT2D eigenvalue weighted by Crippen LogP contribution is 2.23. The first-order valence-electron chi connectivity index (χ1n) is 6.87. The maximum absolute atomic E-state index is 10.5. The molecule has 7 nitrogen and oxygen atoms in total. The first kappa shape index (κ1) is 15.7. The Hall–Kier alpha value is -3.19. The molecule has 1 N–H and O–H groups in total. The van der Waals surface area contributed by atoms with Gasteiger partial charge < -0.3 is 4.42 Å². The lowest BCUT2D eigenvalue weighted by Crippen LogP contribution is -1.94. The monoisotopic (exact) mass is 342 g/mol. The molecular weight excluding hydrogens is 332 g/mol. The number of anilines is 1. The van der Waals surface area contributed by atoms with Crippen molar-refractivity contribution < 1.29 is 9.34 Å². The molecule has 3 rings (SSSR count). The molecule has 0 aliphatic rings. The van der Waals surface area contributed by atoms with Crippen molar-refractivity contribution in [3.05, 3.63) is 75.6 Å². The predicted octanol–water partition coefficient (Wildman–Crippen LogP) is 4.35. The van der Waals surface area contributed by atoms with Crippen molar-refractivity contribution in [2.45, 2.75) is 0 Å². The fraction of sp³-hybridized carbons (Fsp3) is 0. The van der Waals surface area contributed by atoms with Gasteiger partial charge in [0.2, 0.25) is 0 Å². The van der Waals surface area contributed by atoms with Gasteiger partial charge in [-0.25, -0.2) is 4.98 Å². The van der Waals surface area contributed by atoms with Crippen LogP contribution in [0.25, 0.3) is 11.3 Å². The SMILES string of the molecule is O=[N+]([O-])c1ccc(NN=Cc2ccc(-c3ccc(Cl)cc3)o2)nc1. The molecule has 24 heavy (non-hydrogen) atoms. The molecule has 0 aliphatic heterocycles. The van der Waals surface area contributed by atoms with Gasteiger partial charge in [0, 0.05) is 16.7 Å². The molecule has 0 unspecified atom stereocenters. The van der Waals surface area contributed by atoms with Crippen LogP contribution in [0.2, 0.25) is 5.02 Å². The summed E-state index contributed by atoms with van der Waals surface area (Å²) in [5, 5.41) is 15.2. The number of aromatic nitrogens is 1. The van der Waals surface area contributed by atoms with E-state index < -0.39 is 4.92 Å². The smallest absolute Gasteiger partial charge is 0.287 e. The van der Waals surface area contributed by atoms with E-state index in [1.807, 2.05) is 18.2 Å². The maximum Gasteiger partial charge on any atom is 0.287 e. The third-order valence-corrected chi connectivity index (χ3v) is 3.34. The zero-order valence-corrected chi connectivity index (χ0v) is 13.0. The second kappa shape index (κ2) is 6.93. The lowest BCUT2D eigenvalue weighted by Gasteiger charge is -1.98. The number of benzene rings is 1. The van der Waals surface area contributed by atoms with Gasteiger partial charge in [0.1, 0.15) is 23.5 Å². The number of nitrogens with one attached hydrogen (secondary N) is 1. The molecule has 0 saturated carbocycles. The van der Waals surface area contributed by atoms with Gasteiger partial charge in [-0.05, 0) is 42.5 Å². The molecule has 1 aromatic carbocycles. The summed E-state index contributed by atoms with van der Waals surface area (Å²) in [5.41, 5.74) is 3.50. The van der Waals surface area contributed by atoms with Crippen molar-refractivity contribution in [3.8, 4) is 11.3 Å². The summed E-state index contributed by atoms with van der Waals surface area (Å²) in [6, 6.07) is 13.7. The van der Waals surface area contributed by atoms with E-state index in [1.165, 1.54) is 18.3 Å². The number of hydrogen-bond donors (Lipinski definition) is 1. The van der Waals surface area contributed by atoms with Crippen LogP contribution in [0.5, 0.6) is 0 Å². The predicted molar refractivity (Wildman–Crippen MR) is 91.3 cm³/mol. The van der Waals surface area contributed by atoms with Crippen LogP contribution < -0.4 is 5.43 Å². The van der Waals surface area contributed by atoms with Crippen LogP contribution in [0.15, 0.2) is 64.2 Å². The van der Waals surface area contributed by atoms with Crippen LogP contribution in [-0.4, -0.2) is 16.1 Å². The van der Waals surface area contributed by atoms with Crippen molar-refractivity contribution >= 4 is 29.3 Å². The zero-order valence-electron chi connectivity index (χ0n) is 12.2. The number of hydrogen-bond acceptors (Lipinski definition) is 6. The Kier molecular flexibility index (Phi) is 4.53. The Morgan fingerprint density at radius 3 is 2.62 bits per heavy atom. The number of nitrogens with zero attached hydrogens (tertiary/aromatic N) is 3. The summed E-state index contributed by atoms with van der Waals surface area (Å²) in [5.74, 6) is 1.64. The molecule has 8 heteroatoms. The van der Waals surface area contributed by atoms with E-state index in [0.717, 1.165) is 11.8 Å². The van der Waals surface area contributed by atoms with E-state index in [4.69, 9.17) is 16.0 Å². The molecule has 2 aromatic heterocycles. The molecule has 0 fully saturated rings. The van der Waals surface area contributed by atoms with Crippen molar-refractivity contribution in [1.82, 2.24) is 4.98 Å². The van der Waals surface area contributed by atoms with E-state index in [1.54, 1.807) is 18.2 Å². The zero-order chi connectivity index (χ0) is 16.9. The van der Waals surface area contributed by atoms with Crippen molar-refractivity contribution in [3.63, 3.8) is 0 Å². The van der Waals surface area contributed by atoms with Crippen LogP contribution >= 0.6 is 11.6 Å². The molecule has 0 amide bonds. The lowest BCUT2D eigenvalue weighted by molar-refractivity contribution is -0.385. The van der Waals surface area contributed by atoms with Gasteiger partial charge in [0.05, 0.1) is 11.1 Å². The largest absolute Gasteiger partial charge is 0.455 e. The van der Waals surface area contributed by atoms with E-state index in [0.29, 0.717) is 22.4 Å². The van der Waals surface area contributed by atoms with Crippen LogP contribution in [0.4, 0.5) is 11.5 Å². The lowest BCUT2D eigenvalue weighted by atomic mass is 10.2. The average molecular weight is 343 g/mol. The highest BCUT2D eigenvalue weighted by atomic mass is 35.5. The summed E-state index contributed by atoms with van der Waals surface area (Å²) < 4.78 is 5.66. The molecule has 0 bridgehead atoms. The molecule has 3 aromatic rings. The Balaban J connectivity index is 1.65.